The minimum atomic E-state index is -0.295. The first kappa shape index (κ1) is 10.3. The van der Waals surface area contributed by atoms with Crippen LogP contribution in [0.15, 0.2) is 18.2 Å². The van der Waals surface area contributed by atoms with Crippen molar-refractivity contribution in [1.82, 2.24) is 0 Å². The van der Waals surface area contributed by atoms with Crippen LogP contribution in [0.4, 0.5) is 0 Å². The van der Waals surface area contributed by atoms with Gasteiger partial charge in [0.25, 0.3) is 0 Å². The van der Waals surface area contributed by atoms with Gasteiger partial charge in [0.1, 0.15) is 0 Å². The lowest BCUT2D eigenvalue weighted by Gasteiger charge is -2.16. The third-order valence-corrected chi connectivity index (χ3v) is 3.50. The predicted octanol–water partition coefficient (Wildman–Crippen LogP) is 1.98. The summed E-state index contributed by atoms with van der Waals surface area (Å²) in [5.41, 5.74) is 7.06. The molecule has 1 aromatic rings. The molecule has 2 rings (SSSR count). The second-order valence-electron chi connectivity index (χ2n) is 4.92. The van der Waals surface area contributed by atoms with Crippen molar-refractivity contribution in [2.75, 3.05) is 7.11 Å². The molecule has 3 heteroatoms. The fourth-order valence-electron chi connectivity index (χ4n) is 2.11. The van der Waals surface area contributed by atoms with Crippen LogP contribution in [0.5, 0.6) is 11.5 Å². The molecule has 1 aromatic carbocycles. The van der Waals surface area contributed by atoms with Crippen molar-refractivity contribution in [3.05, 3.63) is 23.8 Å². The van der Waals surface area contributed by atoms with E-state index in [1.54, 1.807) is 12.1 Å². The molecule has 0 saturated heterocycles. The molecule has 82 valence electrons. The zero-order chi connectivity index (χ0) is 11.3. The normalized spacial score (nSPS) is 27.5. The molecule has 1 saturated carbocycles. The summed E-state index contributed by atoms with van der Waals surface area (Å²) in [6, 6.07) is 5.38. The van der Waals surface area contributed by atoms with Crippen LogP contribution >= 0.6 is 0 Å². The lowest BCUT2D eigenvalue weighted by Crippen LogP contribution is -2.25. The van der Waals surface area contributed by atoms with Crippen molar-refractivity contribution in [3.63, 3.8) is 0 Å². The Morgan fingerprint density at radius 2 is 2.00 bits per heavy atom. The Morgan fingerprint density at radius 3 is 2.40 bits per heavy atom. The van der Waals surface area contributed by atoms with Gasteiger partial charge in [-0.05, 0) is 29.5 Å². The molecule has 1 aliphatic rings. The molecule has 1 aliphatic carbocycles. The van der Waals surface area contributed by atoms with Gasteiger partial charge in [0.05, 0.1) is 7.11 Å². The molecular formula is C12H17NO2. The first-order valence-electron chi connectivity index (χ1n) is 5.07. The average Bonchev–Trinajstić information content (AvgIpc) is 2.67. The van der Waals surface area contributed by atoms with Crippen LogP contribution in [0.1, 0.15) is 25.8 Å². The van der Waals surface area contributed by atoms with E-state index in [0.717, 1.165) is 12.0 Å². The number of ether oxygens (including phenoxy) is 1. The maximum absolute atomic E-state index is 9.67. The summed E-state index contributed by atoms with van der Waals surface area (Å²) in [5.74, 6) is 0.642. The molecule has 0 aliphatic heterocycles. The van der Waals surface area contributed by atoms with Gasteiger partial charge in [-0.15, -0.1) is 0 Å². The molecule has 3 nitrogen and oxygen atoms in total. The molecule has 1 unspecified atom stereocenters. The molecular weight excluding hydrogens is 190 g/mol. The Labute approximate surface area is 89.9 Å². The molecule has 0 bridgehead atoms. The van der Waals surface area contributed by atoms with Crippen LogP contribution in [0.3, 0.4) is 0 Å². The van der Waals surface area contributed by atoms with Crippen molar-refractivity contribution in [2.45, 2.75) is 25.8 Å². The van der Waals surface area contributed by atoms with E-state index in [0.29, 0.717) is 5.75 Å². The summed E-state index contributed by atoms with van der Waals surface area (Å²) in [6.45, 7) is 4.27. The smallest absolute Gasteiger partial charge is 0.160 e. The third-order valence-electron chi connectivity index (χ3n) is 3.50. The van der Waals surface area contributed by atoms with Crippen LogP contribution in [0.25, 0.3) is 0 Å². The standard InChI is InChI=1S/C12H17NO2/c1-11(2)7-12(11,13)8-4-5-10(15-3)9(14)6-8/h4-6,14H,7,13H2,1-3H3. The summed E-state index contributed by atoms with van der Waals surface area (Å²) < 4.78 is 4.99. The quantitative estimate of drug-likeness (QED) is 0.779. The van der Waals surface area contributed by atoms with Gasteiger partial charge in [-0.2, -0.15) is 0 Å². The van der Waals surface area contributed by atoms with Crippen LogP contribution < -0.4 is 10.5 Å². The Bertz CT molecular complexity index is 401. The zero-order valence-corrected chi connectivity index (χ0v) is 9.37. The van der Waals surface area contributed by atoms with E-state index < -0.39 is 0 Å². The van der Waals surface area contributed by atoms with E-state index in [1.165, 1.54) is 7.11 Å². The minimum absolute atomic E-state index is 0.119. The topological polar surface area (TPSA) is 55.5 Å². The van der Waals surface area contributed by atoms with E-state index in [9.17, 15) is 5.11 Å². The van der Waals surface area contributed by atoms with Gasteiger partial charge in [-0.25, -0.2) is 0 Å². The number of aromatic hydroxyl groups is 1. The predicted molar refractivity (Wildman–Crippen MR) is 58.9 cm³/mol. The summed E-state index contributed by atoms with van der Waals surface area (Å²) in [5, 5.41) is 9.67. The number of hydrogen-bond acceptors (Lipinski definition) is 3. The highest BCUT2D eigenvalue weighted by atomic mass is 16.5. The third kappa shape index (κ3) is 1.38. The molecule has 1 fully saturated rings. The largest absolute Gasteiger partial charge is 0.504 e. The SMILES string of the molecule is COc1ccc(C2(N)CC2(C)C)cc1O. The minimum Gasteiger partial charge on any atom is -0.504 e. The highest BCUT2D eigenvalue weighted by Gasteiger charge is 2.59. The number of phenolic OH excluding ortho intramolecular Hbond substituents is 1. The number of methoxy groups -OCH3 is 1. The van der Waals surface area contributed by atoms with E-state index in [-0.39, 0.29) is 16.7 Å². The van der Waals surface area contributed by atoms with Gasteiger partial charge in [-0.3, -0.25) is 0 Å². The highest BCUT2D eigenvalue weighted by Crippen LogP contribution is 2.60. The van der Waals surface area contributed by atoms with Crippen molar-refractivity contribution in [2.24, 2.45) is 11.1 Å². The van der Waals surface area contributed by atoms with Gasteiger partial charge in [-0.1, -0.05) is 19.9 Å². The van der Waals surface area contributed by atoms with Crippen LogP contribution in [0, 0.1) is 5.41 Å². The molecule has 1 atom stereocenters. The van der Waals surface area contributed by atoms with E-state index in [2.05, 4.69) is 13.8 Å². The van der Waals surface area contributed by atoms with Gasteiger partial charge in [0, 0.05) is 5.54 Å². The highest BCUT2D eigenvalue weighted by molar-refractivity contribution is 5.46. The maximum Gasteiger partial charge on any atom is 0.160 e. The Kier molecular flexibility index (Phi) is 1.98. The molecule has 0 amide bonds. The average molecular weight is 207 g/mol. The number of hydrogen-bond donors (Lipinski definition) is 2. The fraction of sp³-hybridized carbons (Fsp3) is 0.500. The fourth-order valence-corrected chi connectivity index (χ4v) is 2.11. The summed E-state index contributed by atoms with van der Waals surface area (Å²) in [7, 11) is 1.54. The molecule has 3 N–H and O–H groups in total. The van der Waals surface area contributed by atoms with Crippen molar-refractivity contribution in [3.8, 4) is 11.5 Å². The van der Waals surface area contributed by atoms with Gasteiger partial charge < -0.3 is 15.6 Å². The number of benzene rings is 1. The molecule has 0 aromatic heterocycles. The monoisotopic (exact) mass is 207 g/mol. The van der Waals surface area contributed by atoms with Crippen LogP contribution in [0.2, 0.25) is 0 Å². The lowest BCUT2D eigenvalue weighted by molar-refractivity contribution is 0.372. The second kappa shape index (κ2) is 2.89. The summed E-state index contributed by atoms with van der Waals surface area (Å²) >= 11 is 0. The van der Waals surface area contributed by atoms with E-state index >= 15 is 0 Å². The zero-order valence-electron chi connectivity index (χ0n) is 9.37. The number of rotatable bonds is 2. The molecule has 0 heterocycles. The first-order valence-corrected chi connectivity index (χ1v) is 5.07. The van der Waals surface area contributed by atoms with Gasteiger partial charge in [0.2, 0.25) is 0 Å². The number of nitrogens with two attached hydrogens (primary N) is 1. The Morgan fingerprint density at radius 1 is 1.40 bits per heavy atom. The van der Waals surface area contributed by atoms with Gasteiger partial charge in [0.15, 0.2) is 11.5 Å². The lowest BCUT2D eigenvalue weighted by atomic mass is 9.97. The second-order valence-corrected chi connectivity index (χ2v) is 4.92. The summed E-state index contributed by atoms with van der Waals surface area (Å²) in [6.07, 6.45) is 0.950. The maximum atomic E-state index is 9.67. The summed E-state index contributed by atoms with van der Waals surface area (Å²) in [4.78, 5) is 0. The van der Waals surface area contributed by atoms with Crippen molar-refractivity contribution in [1.29, 1.82) is 0 Å². The van der Waals surface area contributed by atoms with Crippen LogP contribution in [-0.4, -0.2) is 12.2 Å². The van der Waals surface area contributed by atoms with Crippen molar-refractivity contribution >= 4 is 0 Å². The van der Waals surface area contributed by atoms with E-state index in [1.807, 2.05) is 6.07 Å². The molecule has 15 heavy (non-hydrogen) atoms. The van der Waals surface area contributed by atoms with E-state index in [4.69, 9.17) is 10.5 Å². The number of phenols is 1. The first-order chi connectivity index (χ1) is 6.90. The Hall–Kier alpha value is -1.22. The molecule has 0 radical (unpaired) electrons. The van der Waals surface area contributed by atoms with Crippen LogP contribution in [-0.2, 0) is 5.54 Å². The molecule has 0 spiro atoms. The van der Waals surface area contributed by atoms with Crippen molar-refractivity contribution < 1.29 is 9.84 Å². The van der Waals surface area contributed by atoms with Gasteiger partial charge >= 0.3 is 0 Å². The Balaban J connectivity index is 2.37.